The molecule has 2 aliphatic rings. The molecule has 1 heterocycles. The van der Waals surface area contributed by atoms with E-state index >= 15 is 0 Å². The minimum Gasteiger partial charge on any atom is -0.354 e. The highest BCUT2D eigenvalue weighted by molar-refractivity contribution is 6.33. The van der Waals surface area contributed by atoms with Gasteiger partial charge in [0.1, 0.15) is 6.54 Å². The van der Waals surface area contributed by atoms with Gasteiger partial charge in [-0.15, -0.1) is 0 Å². The van der Waals surface area contributed by atoms with E-state index in [0.29, 0.717) is 35.0 Å². The molecule has 26 heavy (non-hydrogen) atoms. The van der Waals surface area contributed by atoms with E-state index in [2.05, 4.69) is 22.6 Å². The first-order chi connectivity index (χ1) is 12.6. The first-order valence-corrected chi connectivity index (χ1v) is 9.26. The van der Waals surface area contributed by atoms with E-state index in [1.807, 2.05) is 18.2 Å². The van der Waals surface area contributed by atoms with E-state index in [1.54, 1.807) is 12.1 Å². The number of carbonyl (C=O) groups excluding carboxylic acids is 1. The molecule has 2 bridgehead atoms. The van der Waals surface area contributed by atoms with Crippen molar-refractivity contribution in [2.75, 3.05) is 6.54 Å². The standard InChI is InChI=1S/C20H20ClN3O2/c21-17-4-2-1-3-16(17)18-7-8-20(26)24(23-18)12-19(25)22-11-15-10-13-5-6-14(15)9-13/h1-8,13-15H,9-12H2,(H,22,25)/t13-,14-,15+/m0/s1. The van der Waals surface area contributed by atoms with Gasteiger partial charge in [-0.3, -0.25) is 9.59 Å². The van der Waals surface area contributed by atoms with Crippen LogP contribution in [0, 0.1) is 17.8 Å². The Morgan fingerprint density at radius 1 is 1.19 bits per heavy atom. The van der Waals surface area contributed by atoms with Gasteiger partial charge in [0, 0.05) is 18.2 Å². The molecular weight excluding hydrogens is 350 g/mol. The zero-order chi connectivity index (χ0) is 18.1. The Morgan fingerprint density at radius 3 is 2.77 bits per heavy atom. The normalized spacial score (nSPS) is 23.3. The lowest BCUT2D eigenvalue weighted by molar-refractivity contribution is -0.122. The molecule has 0 spiro atoms. The Bertz CT molecular complexity index is 921. The predicted octanol–water partition coefficient (Wildman–Crippen LogP) is 2.89. The van der Waals surface area contributed by atoms with Gasteiger partial charge in [0.2, 0.25) is 5.91 Å². The molecule has 0 unspecified atom stereocenters. The van der Waals surface area contributed by atoms with Crippen molar-refractivity contribution in [1.82, 2.24) is 15.1 Å². The largest absolute Gasteiger partial charge is 0.354 e. The Balaban J connectivity index is 1.43. The Labute approximate surface area is 156 Å². The molecule has 1 aromatic heterocycles. The van der Waals surface area contributed by atoms with E-state index in [9.17, 15) is 9.59 Å². The van der Waals surface area contributed by atoms with Crippen molar-refractivity contribution in [1.29, 1.82) is 0 Å². The van der Waals surface area contributed by atoms with Crippen LogP contribution in [-0.2, 0) is 11.3 Å². The monoisotopic (exact) mass is 369 g/mol. The molecule has 6 heteroatoms. The Kier molecular flexibility index (Phi) is 4.64. The Morgan fingerprint density at radius 2 is 2.04 bits per heavy atom. The van der Waals surface area contributed by atoms with Crippen molar-refractivity contribution in [3.05, 3.63) is 63.9 Å². The summed E-state index contributed by atoms with van der Waals surface area (Å²) < 4.78 is 1.19. The summed E-state index contributed by atoms with van der Waals surface area (Å²) in [5.41, 5.74) is 0.997. The molecular formula is C20H20ClN3O2. The third kappa shape index (κ3) is 3.44. The molecule has 4 rings (SSSR count). The van der Waals surface area contributed by atoms with E-state index in [-0.39, 0.29) is 18.0 Å². The molecule has 1 amide bonds. The number of carbonyl (C=O) groups is 1. The van der Waals surface area contributed by atoms with Crippen LogP contribution >= 0.6 is 11.6 Å². The second-order valence-electron chi connectivity index (χ2n) is 7.04. The number of nitrogens with zero attached hydrogens (tertiary/aromatic N) is 2. The number of halogens is 1. The average molecular weight is 370 g/mol. The minimum atomic E-state index is -0.307. The summed E-state index contributed by atoms with van der Waals surface area (Å²) in [5.74, 6) is 1.58. The third-order valence-corrected chi connectivity index (χ3v) is 5.62. The number of rotatable bonds is 5. The van der Waals surface area contributed by atoms with E-state index < -0.39 is 0 Å². The van der Waals surface area contributed by atoms with Crippen molar-refractivity contribution in [3.63, 3.8) is 0 Å². The van der Waals surface area contributed by atoms with Crippen LogP contribution in [0.4, 0.5) is 0 Å². The molecule has 3 atom stereocenters. The quantitative estimate of drug-likeness (QED) is 0.824. The summed E-state index contributed by atoms with van der Waals surface area (Å²) in [7, 11) is 0. The molecule has 0 aliphatic heterocycles. The van der Waals surface area contributed by atoms with Gasteiger partial charge in [0.25, 0.3) is 5.56 Å². The van der Waals surface area contributed by atoms with Gasteiger partial charge in [0.05, 0.1) is 10.7 Å². The van der Waals surface area contributed by atoms with Crippen molar-refractivity contribution < 1.29 is 4.79 Å². The van der Waals surface area contributed by atoms with Crippen LogP contribution in [0.1, 0.15) is 12.8 Å². The fourth-order valence-corrected chi connectivity index (χ4v) is 4.17. The average Bonchev–Trinajstić information content (AvgIpc) is 3.25. The number of fused-ring (bicyclic) bond motifs is 2. The van der Waals surface area contributed by atoms with Crippen molar-refractivity contribution in [3.8, 4) is 11.3 Å². The maximum atomic E-state index is 12.3. The number of hydrogen-bond donors (Lipinski definition) is 1. The Hall–Kier alpha value is -2.40. The maximum Gasteiger partial charge on any atom is 0.267 e. The lowest BCUT2D eigenvalue weighted by Crippen LogP contribution is -2.36. The van der Waals surface area contributed by atoms with E-state index in [4.69, 9.17) is 11.6 Å². The van der Waals surface area contributed by atoms with Crippen LogP contribution < -0.4 is 10.9 Å². The number of hydrogen-bond acceptors (Lipinski definition) is 3. The molecule has 2 aliphatic carbocycles. The third-order valence-electron chi connectivity index (χ3n) is 5.29. The molecule has 1 saturated carbocycles. The SMILES string of the molecule is O=C(Cn1nc(-c2ccccc2Cl)ccc1=O)NC[C@H]1C[C@H]2C=C[C@H]1C2. The van der Waals surface area contributed by atoms with Crippen molar-refractivity contribution in [2.45, 2.75) is 19.4 Å². The molecule has 5 nitrogen and oxygen atoms in total. The summed E-state index contributed by atoms with van der Waals surface area (Å²) in [5, 5.41) is 7.82. The number of nitrogens with one attached hydrogen (secondary N) is 1. The highest BCUT2D eigenvalue weighted by atomic mass is 35.5. The van der Waals surface area contributed by atoms with Gasteiger partial charge >= 0.3 is 0 Å². The van der Waals surface area contributed by atoms with Crippen LogP contribution in [0.25, 0.3) is 11.3 Å². The van der Waals surface area contributed by atoms with Gasteiger partial charge in [-0.25, -0.2) is 4.68 Å². The summed E-state index contributed by atoms with van der Waals surface area (Å²) in [4.78, 5) is 24.4. The van der Waals surface area contributed by atoms with Crippen LogP contribution in [0.15, 0.2) is 53.3 Å². The number of benzene rings is 1. The molecule has 2 aromatic rings. The zero-order valence-corrected chi connectivity index (χ0v) is 15.0. The second-order valence-corrected chi connectivity index (χ2v) is 7.45. The second kappa shape index (κ2) is 7.08. The number of amides is 1. The highest BCUT2D eigenvalue weighted by Crippen LogP contribution is 2.42. The van der Waals surface area contributed by atoms with Crippen LogP contribution in [-0.4, -0.2) is 22.2 Å². The first kappa shape index (κ1) is 17.0. The highest BCUT2D eigenvalue weighted by Gasteiger charge is 2.35. The van der Waals surface area contributed by atoms with Crippen LogP contribution in [0.5, 0.6) is 0 Å². The molecule has 1 aromatic carbocycles. The number of aromatic nitrogens is 2. The lowest BCUT2D eigenvalue weighted by Gasteiger charge is -2.18. The molecule has 0 radical (unpaired) electrons. The predicted molar refractivity (Wildman–Crippen MR) is 101 cm³/mol. The molecule has 134 valence electrons. The number of allylic oxidation sites excluding steroid dienone is 2. The van der Waals surface area contributed by atoms with Crippen molar-refractivity contribution >= 4 is 17.5 Å². The molecule has 0 saturated heterocycles. The smallest absolute Gasteiger partial charge is 0.267 e. The van der Waals surface area contributed by atoms with E-state index in [1.165, 1.54) is 17.2 Å². The summed E-state index contributed by atoms with van der Waals surface area (Å²) in [6.45, 7) is 0.567. The lowest BCUT2D eigenvalue weighted by atomic mass is 9.94. The van der Waals surface area contributed by atoms with Crippen LogP contribution in [0.2, 0.25) is 5.02 Å². The van der Waals surface area contributed by atoms with Gasteiger partial charge in [-0.1, -0.05) is 42.0 Å². The maximum absolute atomic E-state index is 12.3. The van der Waals surface area contributed by atoms with Crippen molar-refractivity contribution in [2.24, 2.45) is 17.8 Å². The summed E-state index contributed by atoms with van der Waals surface area (Å²) in [6, 6.07) is 10.3. The first-order valence-electron chi connectivity index (χ1n) is 8.88. The molecule has 1 fully saturated rings. The zero-order valence-electron chi connectivity index (χ0n) is 14.3. The fraction of sp³-hybridized carbons (Fsp3) is 0.350. The van der Waals surface area contributed by atoms with Gasteiger partial charge in [0.15, 0.2) is 0 Å². The summed E-state index contributed by atoms with van der Waals surface area (Å²) in [6.07, 6.45) is 6.90. The topological polar surface area (TPSA) is 64.0 Å². The van der Waals surface area contributed by atoms with Gasteiger partial charge in [-0.2, -0.15) is 5.10 Å². The van der Waals surface area contributed by atoms with Crippen LogP contribution in [0.3, 0.4) is 0 Å². The minimum absolute atomic E-state index is 0.0895. The van der Waals surface area contributed by atoms with Gasteiger partial charge < -0.3 is 5.32 Å². The van der Waals surface area contributed by atoms with Gasteiger partial charge in [-0.05, 0) is 42.7 Å². The van der Waals surface area contributed by atoms with E-state index in [0.717, 1.165) is 12.0 Å². The fourth-order valence-electron chi connectivity index (χ4n) is 3.94. The molecule has 1 N–H and O–H groups in total. The summed E-state index contributed by atoms with van der Waals surface area (Å²) >= 11 is 6.20.